The van der Waals surface area contributed by atoms with Gasteiger partial charge in [0, 0.05) is 5.02 Å². The van der Waals surface area contributed by atoms with Crippen molar-refractivity contribution in [3.63, 3.8) is 0 Å². The Morgan fingerprint density at radius 3 is 2.67 bits per heavy atom. The first kappa shape index (κ1) is 12.1. The Morgan fingerprint density at radius 2 is 2.13 bits per heavy atom. The molecule has 0 fully saturated rings. The van der Waals surface area contributed by atoms with Gasteiger partial charge in [-0.2, -0.15) is 0 Å². The number of hydrogen-bond donors (Lipinski definition) is 1. The summed E-state index contributed by atoms with van der Waals surface area (Å²) in [5, 5.41) is 9.41. The molecule has 0 heterocycles. The Kier molecular flexibility index (Phi) is 4.24. The highest BCUT2D eigenvalue weighted by Crippen LogP contribution is 2.32. The van der Waals surface area contributed by atoms with E-state index in [0.29, 0.717) is 6.61 Å². The number of ether oxygens (including phenoxy) is 1. The number of hydrogen-bond acceptors (Lipinski definition) is 2. The van der Waals surface area contributed by atoms with Gasteiger partial charge in [0.05, 0.1) is 11.6 Å². The Labute approximate surface area is 97.6 Å². The molecule has 0 aromatic heterocycles. The van der Waals surface area contributed by atoms with E-state index in [2.05, 4.69) is 0 Å². The Bertz CT molecular complexity index is 377. The molecule has 0 saturated heterocycles. The lowest BCUT2D eigenvalue weighted by Gasteiger charge is -2.10. The second-order valence-electron chi connectivity index (χ2n) is 2.92. The van der Waals surface area contributed by atoms with Crippen molar-refractivity contribution in [2.45, 2.75) is 13.3 Å². The summed E-state index contributed by atoms with van der Waals surface area (Å²) in [7, 11) is 0. The minimum atomic E-state index is -1.11. The van der Waals surface area contributed by atoms with Gasteiger partial charge in [0.25, 0.3) is 0 Å². The second-order valence-corrected chi connectivity index (χ2v) is 3.76. The van der Waals surface area contributed by atoms with E-state index in [1.807, 2.05) is 6.92 Å². The van der Waals surface area contributed by atoms with Crippen molar-refractivity contribution in [3.05, 3.63) is 27.7 Å². The Hall–Kier alpha value is -0.930. The zero-order valence-electron chi connectivity index (χ0n) is 8.09. The smallest absolute Gasteiger partial charge is 0.339 e. The van der Waals surface area contributed by atoms with Gasteiger partial charge in [-0.15, -0.1) is 0 Å². The number of benzene rings is 1. The molecule has 0 aliphatic heterocycles. The van der Waals surface area contributed by atoms with E-state index in [0.717, 1.165) is 6.42 Å². The van der Waals surface area contributed by atoms with Crippen LogP contribution in [0, 0.1) is 0 Å². The van der Waals surface area contributed by atoms with E-state index in [1.54, 1.807) is 0 Å². The van der Waals surface area contributed by atoms with E-state index in [4.69, 9.17) is 33.0 Å². The van der Waals surface area contributed by atoms with Crippen molar-refractivity contribution >= 4 is 29.2 Å². The molecule has 0 aliphatic carbocycles. The van der Waals surface area contributed by atoms with Crippen LogP contribution in [0.1, 0.15) is 23.7 Å². The standard InChI is InChI=1S/C10H10Cl2O3/c1-2-3-15-9-7(10(13)14)4-6(11)5-8(9)12/h4-5H,2-3H2,1H3,(H,13,14). The van der Waals surface area contributed by atoms with E-state index in [9.17, 15) is 4.79 Å². The summed E-state index contributed by atoms with van der Waals surface area (Å²) < 4.78 is 5.26. The number of rotatable bonds is 4. The van der Waals surface area contributed by atoms with Crippen molar-refractivity contribution in [1.29, 1.82) is 0 Å². The molecule has 82 valence electrons. The highest BCUT2D eigenvalue weighted by molar-refractivity contribution is 6.36. The topological polar surface area (TPSA) is 46.5 Å². The zero-order valence-corrected chi connectivity index (χ0v) is 9.60. The molecule has 0 unspecified atom stereocenters. The van der Waals surface area contributed by atoms with Crippen LogP contribution in [0.25, 0.3) is 0 Å². The first-order chi connectivity index (χ1) is 7.06. The molecule has 0 spiro atoms. The molecule has 0 aliphatic rings. The van der Waals surface area contributed by atoms with Crippen molar-refractivity contribution < 1.29 is 14.6 Å². The number of carboxylic acids is 1. The second kappa shape index (κ2) is 5.24. The maximum absolute atomic E-state index is 10.9. The molecule has 1 aromatic carbocycles. The van der Waals surface area contributed by atoms with Gasteiger partial charge in [0.15, 0.2) is 5.75 Å². The monoisotopic (exact) mass is 248 g/mol. The van der Waals surface area contributed by atoms with Gasteiger partial charge in [-0.3, -0.25) is 0 Å². The van der Waals surface area contributed by atoms with Crippen molar-refractivity contribution in [3.8, 4) is 5.75 Å². The summed E-state index contributed by atoms with van der Waals surface area (Å²) >= 11 is 11.5. The lowest BCUT2D eigenvalue weighted by atomic mass is 10.2. The van der Waals surface area contributed by atoms with Crippen LogP contribution in [0.4, 0.5) is 0 Å². The van der Waals surface area contributed by atoms with Gasteiger partial charge in [-0.05, 0) is 18.6 Å². The number of aromatic carboxylic acids is 1. The third-order valence-electron chi connectivity index (χ3n) is 1.69. The van der Waals surface area contributed by atoms with Gasteiger partial charge >= 0.3 is 5.97 Å². The van der Waals surface area contributed by atoms with Crippen LogP contribution in [-0.2, 0) is 0 Å². The van der Waals surface area contributed by atoms with Gasteiger partial charge in [0.2, 0.25) is 0 Å². The molecule has 1 rings (SSSR count). The van der Waals surface area contributed by atoms with Crippen LogP contribution in [-0.4, -0.2) is 17.7 Å². The predicted molar refractivity (Wildman–Crippen MR) is 59.2 cm³/mol. The fourth-order valence-electron chi connectivity index (χ4n) is 1.07. The molecular weight excluding hydrogens is 239 g/mol. The molecule has 5 heteroatoms. The first-order valence-electron chi connectivity index (χ1n) is 4.41. The molecule has 0 atom stereocenters. The lowest BCUT2D eigenvalue weighted by molar-refractivity contribution is 0.0692. The number of halogens is 2. The Balaban J connectivity index is 3.15. The molecule has 0 saturated carbocycles. The zero-order chi connectivity index (χ0) is 11.4. The summed E-state index contributed by atoms with van der Waals surface area (Å²) in [5.74, 6) is -0.930. The average molecular weight is 249 g/mol. The van der Waals surface area contributed by atoms with Crippen LogP contribution in [0.15, 0.2) is 12.1 Å². The maximum atomic E-state index is 10.9. The van der Waals surface area contributed by atoms with Crippen molar-refractivity contribution in [2.24, 2.45) is 0 Å². The van der Waals surface area contributed by atoms with Crippen LogP contribution in [0.3, 0.4) is 0 Å². The third-order valence-corrected chi connectivity index (χ3v) is 2.19. The third kappa shape index (κ3) is 3.01. The molecule has 0 amide bonds. The van der Waals surface area contributed by atoms with Gasteiger partial charge in [0.1, 0.15) is 5.56 Å². The molecule has 1 aromatic rings. The van der Waals surface area contributed by atoms with E-state index >= 15 is 0 Å². The number of carbonyl (C=O) groups is 1. The molecule has 1 N–H and O–H groups in total. The van der Waals surface area contributed by atoms with Crippen LogP contribution < -0.4 is 4.74 Å². The van der Waals surface area contributed by atoms with E-state index in [1.165, 1.54) is 12.1 Å². The summed E-state index contributed by atoms with van der Waals surface area (Å²) in [6, 6.07) is 2.78. The van der Waals surface area contributed by atoms with Gasteiger partial charge in [-0.25, -0.2) is 4.79 Å². The average Bonchev–Trinajstić information content (AvgIpc) is 2.15. The van der Waals surface area contributed by atoms with Crippen LogP contribution >= 0.6 is 23.2 Å². The fraction of sp³-hybridized carbons (Fsp3) is 0.300. The Morgan fingerprint density at radius 1 is 1.47 bits per heavy atom. The van der Waals surface area contributed by atoms with Gasteiger partial charge in [-0.1, -0.05) is 30.1 Å². The molecule has 0 bridgehead atoms. The van der Waals surface area contributed by atoms with Crippen molar-refractivity contribution in [2.75, 3.05) is 6.61 Å². The molecule has 15 heavy (non-hydrogen) atoms. The first-order valence-corrected chi connectivity index (χ1v) is 5.17. The van der Waals surface area contributed by atoms with E-state index in [-0.39, 0.29) is 21.4 Å². The molecular formula is C10H10Cl2O3. The lowest BCUT2D eigenvalue weighted by Crippen LogP contribution is -2.04. The minimum absolute atomic E-state index is 0.0130. The summed E-state index contributed by atoms with van der Waals surface area (Å²) in [6.07, 6.45) is 0.776. The van der Waals surface area contributed by atoms with E-state index < -0.39 is 5.97 Å². The minimum Gasteiger partial charge on any atom is -0.491 e. The number of carboxylic acid groups (broad SMARTS) is 1. The maximum Gasteiger partial charge on any atom is 0.339 e. The highest BCUT2D eigenvalue weighted by Gasteiger charge is 2.16. The largest absolute Gasteiger partial charge is 0.491 e. The fourth-order valence-corrected chi connectivity index (χ4v) is 1.62. The van der Waals surface area contributed by atoms with Gasteiger partial charge < -0.3 is 9.84 Å². The quantitative estimate of drug-likeness (QED) is 0.888. The SMILES string of the molecule is CCCOc1c(Cl)cc(Cl)cc1C(=O)O. The normalized spacial score (nSPS) is 10.1. The van der Waals surface area contributed by atoms with Crippen LogP contribution in [0.5, 0.6) is 5.75 Å². The van der Waals surface area contributed by atoms with Crippen LogP contribution in [0.2, 0.25) is 10.0 Å². The summed E-state index contributed by atoms with van der Waals surface area (Å²) in [4.78, 5) is 10.9. The summed E-state index contributed by atoms with van der Waals surface area (Å²) in [6.45, 7) is 2.34. The highest BCUT2D eigenvalue weighted by atomic mass is 35.5. The molecule has 0 radical (unpaired) electrons. The predicted octanol–water partition coefficient (Wildman–Crippen LogP) is 3.48. The molecule has 3 nitrogen and oxygen atoms in total. The summed E-state index contributed by atoms with van der Waals surface area (Å²) in [5.41, 5.74) is -0.0130. The van der Waals surface area contributed by atoms with Crippen molar-refractivity contribution in [1.82, 2.24) is 0 Å².